The maximum atomic E-state index is 13.8. The molecular weight excluding hydrogens is 634 g/mol. The van der Waals surface area contributed by atoms with Crippen LogP contribution in [0.4, 0.5) is 17.2 Å². The van der Waals surface area contributed by atoms with Crippen molar-refractivity contribution in [1.82, 2.24) is 33.6 Å². The van der Waals surface area contributed by atoms with Gasteiger partial charge in [-0.25, -0.2) is 9.97 Å². The van der Waals surface area contributed by atoms with E-state index in [-0.39, 0.29) is 22.4 Å². The van der Waals surface area contributed by atoms with Gasteiger partial charge in [0.2, 0.25) is 0 Å². The van der Waals surface area contributed by atoms with Crippen molar-refractivity contribution < 1.29 is 9.84 Å². The van der Waals surface area contributed by atoms with Crippen LogP contribution in [0, 0.1) is 5.41 Å². The number of hydrogen-bond acceptors (Lipinski definition) is 10. The molecule has 2 atom stereocenters. The number of aliphatic hydroxyl groups excluding tert-OH is 1. The van der Waals surface area contributed by atoms with E-state index < -0.39 is 6.61 Å². The predicted molar refractivity (Wildman–Crippen MR) is 194 cm³/mol. The van der Waals surface area contributed by atoms with E-state index in [2.05, 4.69) is 57.9 Å². The van der Waals surface area contributed by atoms with Gasteiger partial charge in [0, 0.05) is 75.1 Å². The van der Waals surface area contributed by atoms with Crippen LogP contribution in [-0.2, 0) is 31.2 Å². The Kier molecular flexibility index (Phi) is 8.83. The molecule has 13 nitrogen and oxygen atoms in total. The molecule has 0 radical (unpaired) electrons. The predicted octanol–water partition coefficient (Wildman–Crippen LogP) is 3.55. The second-order valence-electron chi connectivity index (χ2n) is 14.5. The van der Waals surface area contributed by atoms with Crippen molar-refractivity contribution in [3.8, 4) is 16.9 Å². The number of piperazine rings is 1. The number of aromatic nitrogens is 6. The molecule has 1 unspecified atom stereocenters. The fourth-order valence-corrected chi connectivity index (χ4v) is 7.64. The summed E-state index contributed by atoms with van der Waals surface area (Å²) in [6.07, 6.45) is 8.54. The minimum absolute atomic E-state index is 0.141. The zero-order valence-electron chi connectivity index (χ0n) is 29.6. The van der Waals surface area contributed by atoms with E-state index in [0.717, 1.165) is 49.4 Å². The first-order valence-electron chi connectivity index (χ1n) is 17.1. The van der Waals surface area contributed by atoms with Crippen LogP contribution >= 0.6 is 0 Å². The van der Waals surface area contributed by atoms with Gasteiger partial charge in [-0.3, -0.25) is 18.9 Å². The molecule has 0 amide bonds. The zero-order valence-corrected chi connectivity index (χ0v) is 29.6. The molecule has 0 spiro atoms. The van der Waals surface area contributed by atoms with E-state index in [0.29, 0.717) is 52.4 Å². The Morgan fingerprint density at radius 3 is 2.64 bits per heavy atom. The van der Waals surface area contributed by atoms with Gasteiger partial charge in [0.1, 0.15) is 23.3 Å². The quantitative estimate of drug-likeness (QED) is 0.238. The third-order valence-electron chi connectivity index (χ3n) is 10.2. The molecule has 1 aliphatic heterocycles. The van der Waals surface area contributed by atoms with Gasteiger partial charge < -0.3 is 24.6 Å². The molecule has 0 bridgehead atoms. The van der Waals surface area contributed by atoms with Gasteiger partial charge >= 0.3 is 0 Å². The Hall–Kier alpha value is -4.85. The molecule has 2 N–H and O–H groups in total. The number of nitrogens with one attached hydrogen (secondary N) is 1. The number of rotatable bonds is 9. The summed E-state index contributed by atoms with van der Waals surface area (Å²) in [5.74, 6) is 0.773. The fourth-order valence-electron chi connectivity index (χ4n) is 7.64. The highest BCUT2D eigenvalue weighted by Gasteiger charge is 2.32. The average Bonchev–Trinajstić information content (AvgIpc) is 3.59. The molecule has 50 heavy (non-hydrogen) atoms. The summed E-state index contributed by atoms with van der Waals surface area (Å²) in [6, 6.07) is 10.0. The van der Waals surface area contributed by atoms with Gasteiger partial charge in [-0.1, -0.05) is 13.8 Å². The van der Waals surface area contributed by atoms with E-state index >= 15 is 0 Å². The van der Waals surface area contributed by atoms with Crippen molar-refractivity contribution in [1.29, 1.82) is 0 Å². The van der Waals surface area contributed by atoms with Gasteiger partial charge in [0.25, 0.3) is 11.1 Å². The van der Waals surface area contributed by atoms with Crippen LogP contribution < -0.4 is 21.3 Å². The van der Waals surface area contributed by atoms with Crippen LogP contribution in [0.5, 0.6) is 0 Å². The molecule has 1 saturated heterocycles. The molecular formula is C37H45N9O4. The van der Waals surface area contributed by atoms with Crippen molar-refractivity contribution in [2.24, 2.45) is 12.5 Å². The van der Waals surface area contributed by atoms with Crippen LogP contribution in [0.2, 0.25) is 0 Å². The highest BCUT2D eigenvalue weighted by atomic mass is 16.5. The Morgan fingerprint density at radius 1 is 1.10 bits per heavy atom. The van der Waals surface area contributed by atoms with Crippen molar-refractivity contribution in [3.63, 3.8) is 0 Å². The second-order valence-corrected chi connectivity index (χ2v) is 14.5. The minimum Gasteiger partial charge on any atom is -0.392 e. The average molecular weight is 680 g/mol. The molecule has 6 heterocycles. The number of fused-ring (bicyclic) bond motifs is 3. The number of aryl methyl sites for hydroxylation is 1. The van der Waals surface area contributed by atoms with Crippen LogP contribution in [-0.4, -0.2) is 84.2 Å². The van der Waals surface area contributed by atoms with Crippen molar-refractivity contribution in [2.45, 2.75) is 59.2 Å². The first-order chi connectivity index (χ1) is 24.0. The molecule has 0 saturated carbocycles. The third-order valence-corrected chi connectivity index (χ3v) is 10.2. The highest BCUT2D eigenvalue weighted by Crippen LogP contribution is 2.37. The van der Waals surface area contributed by atoms with Gasteiger partial charge in [0.15, 0.2) is 5.82 Å². The number of hydrogen-bond donors (Lipinski definition) is 2. The third kappa shape index (κ3) is 6.10. The summed E-state index contributed by atoms with van der Waals surface area (Å²) >= 11 is 0. The number of aliphatic hydroxyl groups is 1. The van der Waals surface area contributed by atoms with Crippen LogP contribution in [0.3, 0.4) is 0 Å². The Bertz CT molecular complexity index is 2170. The summed E-state index contributed by atoms with van der Waals surface area (Å²) in [5, 5.41) is 18.3. The lowest BCUT2D eigenvalue weighted by Crippen LogP contribution is -2.55. The number of anilines is 3. The second kappa shape index (κ2) is 13.1. The molecule has 5 aromatic heterocycles. The monoisotopic (exact) mass is 679 g/mol. The summed E-state index contributed by atoms with van der Waals surface area (Å²) < 4.78 is 9.96. The maximum absolute atomic E-state index is 13.8. The number of methoxy groups -OCH3 is 1. The molecule has 262 valence electrons. The van der Waals surface area contributed by atoms with Gasteiger partial charge in [-0.15, -0.1) is 0 Å². The lowest BCUT2D eigenvalue weighted by molar-refractivity contribution is 0.0873. The van der Waals surface area contributed by atoms with E-state index in [9.17, 15) is 14.7 Å². The van der Waals surface area contributed by atoms with E-state index in [1.165, 1.54) is 9.25 Å². The summed E-state index contributed by atoms with van der Waals surface area (Å²) in [5.41, 5.74) is 5.44. The summed E-state index contributed by atoms with van der Waals surface area (Å²) in [4.78, 5) is 41.0. The lowest BCUT2D eigenvalue weighted by atomic mass is 9.90. The first-order valence-corrected chi connectivity index (χ1v) is 17.1. The van der Waals surface area contributed by atoms with Gasteiger partial charge in [-0.05, 0) is 73.6 Å². The number of ether oxygens (including phenoxy) is 1. The normalized spacial score (nSPS) is 18.1. The van der Waals surface area contributed by atoms with Gasteiger partial charge in [-0.2, -0.15) is 9.78 Å². The Morgan fingerprint density at radius 2 is 1.92 bits per heavy atom. The molecule has 5 aromatic rings. The maximum Gasteiger partial charge on any atom is 0.297 e. The minimum atomic E-state index is -0.393. The van der Waals surface area contributed by atoms with Crippen molar-refractivity contribution >= 4 is 22.7 Å². The lowest BCUT2D eigenvalue weighted by Gasteiger charge is -2.43. The first kappa shape index (κ1) is 33.6. The molecule has 1 fully saturated rings. The highest BCUT2D eigenvalue weighted by molar-refractivity contribution is 5.73. The van der Waals surface area contributed by atoms with Crippen LogP contribution in [0.15, 0.2) is 64.8 Å². The smallest absolute Gasteiger partial charge is 0.297 e. The van der Waals surface area contributed by atoms with Crippen molar-refractivity contribution in [2.75, 3.05) is 43.6 Å². The molecule has 0 aromatic carbocycles. The Labute approximate surface area is 290 Å². The molecule has 7 rings (SSSR count). The topological polar surface area (TPSA) is 135 Å². The van der Waals surface area contributed by atoms with Crippen LogP contribution in [0.1, 0.15) is 44.5 Å². The van der Waals surface area contributed by atoms with E-state index in [4.69, 9.17) is 4.74 Å². The van der Waals surface area contributed by atoms with Gasteiger partial charge in [0.05, 0.1) is 25.1 Å². The Balaban J connectivity index is 1.16. The van der Waals surface area contributed by atoms with E-state index in [1.54, 1.807) is 45.0 Å². The van der Waals surface area contributed by atoms with Crippen molar-refractivity contribution in [3.05, 3.63) is 92.8 Å². The van der Waals surface area contributed by atoms with E-state index in [1.807, 2.05) is 28.8 Å². The summed E-state index contributed by atoms with van der Waals surface area (Å²) in [6.45, 7) is 11.9. The fraction of sp³-hybridized carbons (Fsp3) is 0.432. The number of pyridine rings is 3. The SMILES string of the molecule is COCC(C)N1CCN(c2ccc(Nc3cc(-c4ccnc(-n5ncn6c7c(cc6c5=O)CC(C)(C)C7)c4CO)cn(C)c3=O)nc2)[C@@H](C)C1. The molecule has 1 aliphatic carbocycles. The summed E-state index contributed by atoms with van der Waals surface area (Å²) in [7, 11) is 3.42. The largest absolute Gasteiger partial charge is 0.392 e. The molecule has 13 heteroatoms. The number of nitrogens with zero attached hydrogens (tertiary/aromatic N) is 8. The van der Waals surface area contributed by atoms with Crippen LogP contribution in [0.25, 0.3) is 22.5 Å². The zero-order chi connectivity index (χ0) is 35.3. The standard InChI is InChI=1S/C37H45N9O4/c1-23-18-43(24(2)21-50-6)11-12-44(23)27-7-8-33(39-17-27)41-30-13-26(19-42(5)35(30)48)28-9-10-38-34(29(28)20-47)46-36(49)31-14-25-15-37(3,4)16-32(25)45(31)22-40-46/h7-10,13-14,17,19,22-24,47H,11-12,15-16,18,20-21H2,1-6H3,(H,39,41)/t23-,24?/m0/s1. The molecule has 2 aliphatic rings.